The van der Waals surface area contributed by atoms with Gasteiger partial charge in [0.05, 0.1) is 10.6 Å². The number of rotatable bonds is 6. The minimum atomic E-state index is 0.337. The standard InChI is InChI=1S/C13H19ClN2S/c1-3-6-9(4-2)16-11-8-5-7-10(14)12(11)13(15)17/h5,7-9,16H,3-4,6H2,1-2H3,(H2,15,17). The highest BCUT2D eigenvalue weighted by atomic mass is 35.5. The van der Waals surface area contributed by atoms with Crippen LogP contribution in [0.3, 0.4) is 0 Å². The van der Waals surface area contributed by atoms with Crippen molar-refractivity contribution >= 4 is 34.5 Å². The Hall–Kier alpha value is -0.800. The Labute approximate surface area is 114 Å². The predicted octanol–water partition coefficient (Wildman–Crippen LogP) is 3.96. The number of anilines is 1. The van der Waals surface area contributed by atoms with E-state index in [1.165, 1.54) is 0 Å². The van der Waals surface area contributed by atoms with Crippen molar-refractivity contribution in [2.45, 2.75) is 39.2 Å². The monoisotopic (exact) mass is 270 g/mol. The van der Waals surface area contributed by atoms with Crippen molar-refractivity contribution < 1.29 is 0 Å². The lowest BCUT2D eigenvalue weighted by atomic mass is 10.1. The first kappa shape index (κ1) is 14.3. The van der Waals surface area contributed by atoms with Gasteiger partial charge in [-0.2, -0.15) is 0 Å². The van der Waals surface area contributed by atoms with Crippen LogP contribution in [-0.4, -0.2) is 11.0 Å². The third kappa shape index (κ3) is 3.86. The largest absolute Gasteiger partial charge is 0.389 e. The fourth-order valence-electron chi connectivity index (χ4n) is 1.84. The molecule has 0 saturated carbocycles. The number of benzene rings is 1. The smallest absolute Gasteiger partial charge is 0.107 e. The zero-order valence-electron chi connectivity index (χ0n) is 10.3. The van der Waals surface area contributed by atoms with Crippen molar-refractivity contribution in [3.8, 4) is 0 Å². The van der Waals surface area contributed by atoms with Gasteiger partial charge in [0.15, 0.2) is 0 Å². The number of nitrogens with one attached hydrogen (secondary N) is 1. The van der Waals surface area contributed by atoms with Crippen molar-refractivity contribution in [3.05, 3.63) is 28.8 Å². The highest BCUT2D eigenvalue weighted by molar-refractivity contribution is 7.80. The molecule has 0 aromatic heterocycles. The Morgan fingerprint density at radius 3 is 2.71 bits per heavy atom. The zero-order valence-corrected chi connectivity index (χ0v) is 11.9. The molecule has 1 rings (SSSR count). The molecule has 1 atom stereocenters. The summed E-state index contributed by atoms with van der Waals surface area (Å²) in [6.07, 6.45) is 3.34. The Kier molecular flexibility index (Phi) is 5.72. The van der Waals surface area contributed by atoms with Gasteiger partial charge in [-0.15, -0.1) is 0 Å². The highest BCUT2D eigenvalue weighted by Crippen LogP contribution is 2.25. The first-order chi connectivity index (χ1) is 8.10. The van der Waals surface area contributed by atoms with Crippen LogP contribution in [0.25, 0.3) is 0 Å². The summed E-state index contributed by atoms with van der Waals surface area (Å²) in [7, 11) is 0. The van der Waals surface area contributed by atoms with Crippen molar-refractivity contribution in [2.24, 2.45) is 5.73 Å². The number of halogens is 1. The molecule has 0 fully saturated rings. The fraction of sp³-hybridized carbons (Fsp3) is 0.462. The molecule has 94 valence electrons. The van der Waals surface area contributed by atoms with Gasteiger partial charge in [0.1, 0.15) is 4.99 Å². The van der Waals surface area contributed by atoms with Gasteiger partial charge in [-0.05, 0) is 25.0 Å². The highest BCUT2D eigenvalue weighted by Gasteiger charge is 2.12. The van der Waals surface area contributed by atoms with Crippen molar-refractivity contribution in [1.82, 2.24) is 0 Å². The minimum Gasteiger partial charge on any atom is -0.389 e. The molecule has 4 heteroatoms. The van der Waals surface area contributed by atoms with Crippen molar-refractivity contribution in [1.29, 1.82) is 0 Å². The molecule has 0 spiro atoms. The van der Waals surface area contributed by atoms with Gasteiger partial charge in [0, 0.05) is 11.7 Å². The zero-order chi connectivity index (χ0) is 12.8. The minimum absolute atomic E-state index is 0.337. The van der Waals surface area contributed by atoms with Gasteiger partial charge < -0.3 is 11.1 Å². The van der Waals surface area contributed by atoms with E-state index in [4.69, 9.17) is 29.6 Å². The molecule has 0 radical (unpaired) electrons. The fourth-order valence-corrected chi connectivity index (χ4v) is 2.39. The topological polar surface area (TPSA) is 38.0 Å². The molecule has 17 heavy (non-hydrogen) atoms. The average molecular weight is 271 g/mol. The van der Waals surface area contributed by atoms with Gasteiger partial charge >= 0.3 is 0 Å². The molecule has 0 aliphatic heterocycles. The summed E-state index contributed by atoms with van der Waals surface area (Å²) in [5.74, 6) is 0. The molecule has 2 nitrogen and oxygen atoms in total. The van der Waals surface area contributed by atoms with E-state index in [2.05, 4.69) is 19.2 Å². The summed E-state index contributed by atoms with van der Waals surface area (Å²) in [5.41, 5.74) is 7.40. The Morgan fingerprint density at radius 1 is 1.47 bits per heavy atom. The van der Waals surface area contributed by atoms with Gasteiger partial charge in [-0.25, -0.2) is 0 Å². The van der Waals surface area contributed by atoms with Crippen LogP contribution in [0.1, 0.15) is 38.7 Å². The Bertz CT molecular complexity index is 393. The van der Waals surface area contributed by atoms with Crippen molar-refractivity contribution in [3.63, 3.8) is 0 Å². The third-order valence-corrected chi connectivity index (χ3v) is 3.27. The maximum absolute atomic E-state index is 6.12. The lowest BCUT2D eigenvalue weighted by molar-refractivity contribution is 0.623. The van der Waals surface area contributed by atoms with E-state index in [9.17, 15) is 0 Å². The summed E-state index contributed by atoms with van der Waals surface area (Å²) in [6.45, 7) is 4.34. The number of hydrogen-bond acceptors (Lipinski definition) is 2. The predicted molar refractivity (Wildman–Crippen MR) is 79.9 cm³/mol. The number of nitrogens with two attached hydrogens (primary N) is 1. The van der Waals surface area contributed by atoms with E-state index in [0.717, 1.165) is 30.5 Å². The molecule has 0 heterocycles. The van der Waals surface area contributed by atoms with Gasteiger partial charge in [0.25, 0.3) is 0 Å². The summed E-state index contributed by atoms with van der Waals surface area (Å²) in [5, 5.41) is 4.07. The Morgan fingerprint density at radius 2 is 2.18 bits per heavy atom. The van der Waals surface area contributed by atoms with E-state index in [1.807, 2.05) is 18.2 Å². The van der Waals surface area contributed by atoms with Crippen LogP contribution >= 0.6 is 23.8 Å². The first-order valence-corrected chi connectivity index (χ1v) is 6.73. The van der Waals surface area contributed by atoms with Gasteiger partial charge in [0.2, 0.25) is 0 Å². The van der Waals surface area contributed by atoms with Crippen LogP contribution < -0.4 is 11.1 Å². The molecule has 0 bridgehead atoms. The van der Waals surface area contributed by atoms with E-state index >= 15 is 0 Å². The normalized spacial score (nSPS) is 12.2. The molecule has 3 N–H and O–H groups in total. The summed E-state index contributed by atoms with van der Waals surface area (Å²) in [4.78, 5) is 0.337. The van der Waals surface area contributed by atoms with E-state index in [0.29, 0.717) is 16.1 Å². The molecule has 1 unspecified atom stereocenters. The van der Waals surface area contributed by atoms with Gasteiger partial charge in [-0.1, -0.05) is 50.2 Å². The maximum atomic E-state index is 6.12. The second-order valence-electron chi connectivity index (χ2n) is 4.06. The molecule has 0 aliphatic rings. The van der Waals surface area contributed by atoms with Crippen LogP contribution in [0.15, 0.2) is 18.2 Å². The molecule has 1 aromatic carbocycles. The summed E-state index contributed by atoms with van der Waals surface area (Å²) < 4.78 is 0. The SMILES string of the molecule is CCCC(CC)Nc1cccc(Cl)c1C(N)=S. The third-order valence-electron chi connectivity index (χ3n) is 2.75. The van der Waals surface area contributed by atoms with E-state index in [-0.39, 0.29) is 0 Å². The van der Waals surface area contributed by atoms with Crippen LogP contribution in [0.4, 0.5) is 5.69 Å². The lowest BCUT2D eigenvalue weighted by Crippen LogP contribution is -2.21. The van der Waals surface area contributed by atoms with E-state index in [1.54, 1.807) is 0 Å². The molecule has 0 saturated heterocycles. The van der Waals surface area contributed by atoms with Gasteiger partial charge in [-0.3, -0.25) is 0 Å². The number of thiocarbonyl (C=S) groups is 1. The molecular formula is C13H19ClN2S. The van der Waals surface area contributed by atoms with E-state index < -0.39 is 0 Å². The quantitative estimate of drug-likeness (QED) is 0.769. The van der Waals surface area contributed by atoms with Crippen LogP contribution in [0.2, 0.25) is 5.02 Å². The van der Waals surface area contributed by atoms with Crippen LogP contribution in [-0.2, 0) is 0 Å². The van der Waals surface area contributed by atoms with Crippen LogP contribution in [0.5, 0.6) is 0 Å². The summed E-state index contributed by atoms with van der Waals surface area (Å²) >= 11 is 11.2. The molecular weight excluding hydrogens is 252 g/mol. The summed E-state index contributed by atoms with van der Waals surface area (Å²) in [6, 6.07) is 6.12. The van der Waals surface area contributed by atoms with Crippen LogP contribution in [0, 0.1) is 0 Å². The average Bonchev–Trinajstić information content (AvgIpc) is 2.28. The lowest BCUT2D eigenvalue weighted by Gasteiger charge is -2.20. The second kappa shape index (κ2) is 6.82. The number of hydrogen-bond donors (Lipinski definition) is 2. The molecule has 0 amide bonds. The molecule has 1 aromatic rings. The maximum Gasteiger partial charge on any atom is 0.107 e. The second-order valence-corrected chi connectivity index (χ2v) is 4.91. The molecule has 0 aliphatic carbocycles. The van der Waals surface area contributed by atoms with Crippen molar-refractivity contribution in [2.75, 3.05) is 5.32 Å². The Balaban J connectivity index is 2.97. The first-order valence-electron chi connectivity index (χ1n) is 5.95.